The third kappa shape index (κ3) is 3.73. The summed E-state index contributed by atoms with van der Waals surface area (Å²) in [6.07, 6.45) is 6.55. The van der Waals surface area contributed by atoms with Crippen molar-refractivity contribution in [2.45, 2.75) is 51.6 Å². The molecule has 8 nitrogen and oxygen atoms in total. The summed E-state index contributed by atoms with van der Waals surface area (Å²) in [5.41, 5.74) is 4.62. The van der Waals surface area contributed by atoms with Crippen LogP contribution in [0.4, 0.5) is 5.82 Å². The molecule has 1 unspecified atom stereocenters. The number of amides is 1. The van der Waals surface area contributed by atoms with Gasteiger partial charge in [0.2, 0.25) is 5.82 Å². The van der Waals surface area contributed by atoms with E-state index in [1.54, 1.807) is 14.1 Å². The molecule has 1 aliphatic heterocycles. The Morgan fingerprint density at radius 1 is 1.24 bits per heavy atom. The van der Waals surface area contributed by atoms with Gasteiger partial charge in [-0.15, -0.1) is 0 Å². The zero-order chi connectivity index (χ0) is 20.7. The third-order valence-electron chi connectivity index (χ3n) is 6.26. The van der Waals surface area contributed by atoms with Crippen molar-refractivity contribution in [3.63, 3.8) is 0 Å². The summed E-state index contributed by atoms with van der Waals surface area (Å²) >= 11 is 0. The van der Waals surface area contributed by atoms with Crippen LogP contribution in [0.1, 0.15) is 58.4 Å². The molecule has 4 rings (SSSR count). The fraction of sp³-hybridized carbons (Fsp3) is 0.619. The van der Waals surface area contributed by atoms with E-state index >= 15 is 0 Å². The van der Waals surface area contributed by atoms with Crippen molar-refractivity contribution in [2.75, 3.05) is 32.1 Å². The van der Waals surface area contributed by atoms with Gasteiger partial charge in [-0.1, -0.05) is 0 Å². The minimum absolute atomic E-state index is 0.158. The number of aryl methyl sites for hydroxylation is 2. The fourth-order valence-electron chi connectivity index (χ4n) is 4.47. The van der Waals surface area contributed by atoms with Crippen LogP contribution in [0.15, 0.2) is 6.20 Å². The molecule has 1 amide bonds. The summed E-state index contributed by atoms with van der Waals surface area (Å²) in [5.74, 6) is 1.00. The van der Waals surface area contributed by atoms with Gasteiger partial charge in [-0.25, -0.2) is 9.97 Å². The Labute approximate surface area is 172 Å². The normalized spacial score (nSPS) is 21.3. The Kier molecular flexibility index (Phi) is 5.29. The third-order valence-corrected chi connectivity index (χ3v) is 6.26. The second-order valence-electron chi connectivity index (χ2n) is 8.49. The van der Waals surface area contributed by atoms with Crippen LogP contribution in [0.3, 0.4) is 0 Å². The lowest BCUT2D eigenvalue weighted by atomic mass is 9.92. The predicted octanol–water partition coefficient (Wildman–Crippen LogP) is 1.77. The van der Waals surface area contributed by atoms with Crippen molar-refractivity contribution in [1.29, 1.82) is 0 Å². The molecule has 0 bridgehead atoms. The molecule has 1 saturated heterocycles. The molecule has 0 spiro atoms. The van der Waals surface area contributed by atoms with Crippen molar-refractivity contribution in [2.24, 2.45) is 7.05 Å². The van der Waals surface area contributed by atoms with Crippen LogP contribution in [0.2, 0.25) is 0 Å². The van der Waals surface area contributed by atoms with Gasteiger partial charge in [-0.3, -0.25) is 9.48 Å². The van der Waals surface area contributed by atoms with E-state index in [9.17, 15) is 4.79 Å². The first-order valence-electron chi connectivity index (χ1n) is 10.4. The molecule has 0 aromatic carbocycles. The van der Waals surface area contributed by atoms with E-state index in [-0.39, 0.29) is 11.7 Å². The van der Waals surface area contributed by atoms with Crippen LogP contribution >= 0.6 is 0 Å². The second kappa shape index (κ2) is 7.74. The Balaban J connectivity index is 1.50. The molecular formula is C21H31N7O. The number of nitrogens with zero attached hydrogens (tertiary/aromatic N) is 6. The number of carbonyl (C=O) groups is 1. The number of nitrogens with one attached hydrogen (secondary N) is 1. The van der Waals surface area contributed by atoms with Gasteiger partial charge in [0, 0.05) is 68.8 Å². The Morgan fingerprint density at radius 2 is 2.03 bits per heavy atom. The Hall–Kier alpha value is -2.48. The second-order valence-corrected chi connectivity index (χ2v) is 8.49. The van der Waals surface area contributed by atoms with Crippen LogP contribution in [0.5, 0.6) is 0 Å². The topological polar surface area (TPSA) is 79.2 Å². The monoisotopic (exact) mass is 397 g/mol. The number of hydrogen-bond acceptors (Lipinski definition) is 6. The first kappa shape index (κ1) is 19.8. The number of hydrogen-bond donors (Lipinski definition) is 1. The van der Waals surface area contributed by atoms with Crippen molar-refractivity contribution < 1.29 is 4.79 Å². The molecule has 1 aliphatic carbocycles. The fourth-order valence-corrected chi connectivity index (χ4v) is 4.47. The van der Waals surface area contributed by atoms with Gasteiger partial charge in [0.25, 0.3) is 5.91 Å². The van der Waals surface area contributed by atoms with Crippen LogP contribution in [0.25, 0.3) is 0 Å². The first-order valence-corrected chi connectivity index (χ1v) is 10.4. The van der Waals surface area contributed by atoms with Crippen LogP contribution in [-0.4, -0.2) is 63.8 Å². The molecule has 0 radical (unpaired) electrons. The van der Waals surface area contributed by atoms with Gasteiger partial charge >= 0.3 is 0 Å². The number of aromatic nitrogens is 4. The number of anilines is 1. The smallest absolute Gasteiger partial charge is 0.291 e. The Morgan fingerprint density at radius 3 is 2.79 bits per heavy atom. The number of fused-ring (bicyclic) bond motifs is 1. The lowest BCUT2D eigenvalue weighted by molar-refractivity contribution is 0.0815. The van der Waals surface area contributed by atoms with E-state index in [1.165, 1.54) is 22.6 Å². The molecule has 0 saturated carbocycles. The van der Waals surface area contributed by atoms with E-state index < -0.39 is 0 Å². The maximum atomic E-state index is 12.4. The Bertz CT molecular complexity index is 920. The summed E-state index contributed by atoms with van der Waals surface area (Å²) in [5, 5.41) is 8.32. The lowest BCUT2D eigenvalue weighted by Gasteiger charge is -2.27. The van der Waals surface area contributed by atoms with Crippen LogP contribution in [-0.2, 0) is 13.5 Å². The molecule has 8 heteroatoms. The van der Waals surface area contributed by atoms with E-state index in [4.69, 9.17) is 0 Å². The molecule has 3 heterocycles. The predicted molar refractivity (Wildman–Crippen MR) is 112 cm³/mol. The van der Waals surface area contributed by atoms with Crippen molar-refractivity contribution in [3.05, 3.63) is 34.5 Å². The highest BCUT2D eigenvalue weighted by molar-refractivity contribution is 5.90. The van der Waals surface area contributed by atoms with Crippen molar-refractivity contribution in [1.82, 2.24) is 30.0 Å². The highest BCUT2D eigenvalue weighted by atomic mass is 16.2. The maximum absolute atomic E-state index is 12.4. The highest BCUT2D eigenvalue weighted by Crippen LogP contribution is 2.31. The van der Waals surface area contributed by atoms with E-state index in [1.807, 2.05) is 31.8 Å². The summed E-state index contributed by atoms with van der Waals surface area (Å²) < 4.78 is 2.01. The first-order chi connectivity index (χ1) is 13.8. The van der Waals surface area contributed by atoms with Crippen LogP contribution < -0.4 is 10.2 Å². The van der Waals surface area contributed by atoms with Gasteiger partial charge < -0.3 is 15.1 Å². The SMILES string of the molecule is Cc1nc(C(=O)N(C)C)nc(N2CC[C@@H](NC3CCCc4c3cnn4C)C2)c1C. The van der Waals surface area contributed by atoms with Gasteiger partial charge in [0.15, 0.2) is 0 Å². The summed E-state index contributed by atoms with van der Waals surface area (Å²) in [6, 6.07) is 0.769. The quantitative estimate of drug-likeness (QED) is 0.847. The summed E-state index contributed by atoms with van der Waals surface area (Å²) in [6.45, 7) is 5.80. The van der Waals surface area contributed by atoms with Crippen LogP contribution in [0, 0.1) is 13.8 Å². The highest BCUT2D eigenvalue weighted by Gasteiger charge is 2.31. The van der Waals surface area contributed by atoms with Gasteiger partial charge in [-0.2, -0.15) is 5.10 Å². The molecule has 2 atom stereocenters. The van der Waals surface area contributed by atoms with E-state index in [2.05, 4.69) is 25.3 Å². The molecule has 1 N–H and O–H groups in total. The standard InChI is InChI=1S/C21H31N7O/c1-13-14(2)23-19(21(29)26(3)4)25-20(13)28-10-9-15(12-28)24-17-7-6-8-18-16(17)11-22-27(18)5/h11,15,17,24H,6-10,12H2,1-5H3/t15-,17?/m1/s1. The zero-order valence-electron chi connectivity index (χ0n) is 18.1. The average Bonchev–Trinajstić information content (AvgIpc) is 3.31. The van der Waals surface area contributed by atoms with E-state index in [0.29, 0.717) is 12.1 Å². The molecule has 156 valence electrons. The van der Waals surface area contributed by atoms with Gasteiger partial charge in [0.05, 0.1) is 6.20 Å². The molecule has 2 aliphatic rings. The summed E-state index contributed by atoms with van der Waals surface area (Å²) in [4.78, 5) is 25.3. The lowest BCUT2D eigenvalue weighted by Crippen LogP contribution is -2.37. The minimum atomic E-state index is -0.158. The van der Waals surface area contributed by atoms with Gasteiger partial charge in [-0.05, 0) is 39.5 Å². The molecule has 2 aromatic heterocycles. The number of carbonyl (C=O) groups excluding carboxylic acids is 1. The summed E-state index contributed by atoms with van der Waals surface area (Å²) in [7, 11) is 5.49. The molecular weight excluding hydrogens is 366 g/mol. The zero-order valence-corrected chi connectivity index (χ0v) is 18.1. The molecule has 29 heavy (non-hydrogen) atoms. The largest absolute Gasteiger partial charge is 0.355 e. The van der Waals surface area contributed by atoms with E-state index in [0.717, 1.165) is 49.4 Å². The average molecular weight is 398 g/mol. The maximum Gasteiger partial charge on any atom is 0.291 e. The van der Waals surface area contributed by atoms with Crippen molar-refractivity contribution >= 4 is 11.7 Å². The van der Waals surface area contributed by atoms with Crippen molar-refractivity contribution in [3.8, 4) is 0 Å². The minimum Gasteiger partial charge on any atom is -0.355 e. The molecule has 1 fully saturated rings. The van der Waals surface area contributed by atoms with Gasteiger partial charge in [0.1, 0.15) is 5.82 Å². The molecule has 2 aromatic rings. The number of rotatable bonds is 4.